The van der Waals surface area contributed by atoms with Crippen LogP contribution in [0, 0.1) is 0 Å². The summed E-state index contributed by atoms with van der Waals surface area (Å²) < 4.78 is 1.58. The van der Waals surface area contributed by atoms with E-state index in [1.165, 1.54) is 0 Å². The van der Waals surface area contributed by atoms with Gasteiger partial charge in [-0.15, -0.1) is 0 Å². The summed E-state index contributed by atoms with van der Waals surface area (Å²) in [7, 11) is 2.16. The molecule has 0 aliphatic carbocycles. The maximum atomic E-state index is 12.9. The van der Waals surface area contributed by atoms with Gasteiger partial charge in [0.05, 0.1) is 11.2 Å². The first-order valence-electron chi connectivity index (χ1n) is 8.50. The Morgan fingerprint density at radius 1 is 1.00 bits per heavy atom. The number of hydrogen-bond acceptors (Lipinski definition) is 3. The van der Waals surface area contributed by atoms with Crippen LogP contribution in [0.1, 0.15) is 34.8 Å². The molecule has 0 unspecified atom stereocenters. The summed E-state index contributed by atoms with van der Waals surface area (Å²) in [6.45, 7) is 2.16. The summed E-state index contributed by atoms with van der Waals surface area (Å²) in [5.74, 6) is 0.363. The molecule has 4 rings (SSSR count). The van der Waals surface area contributed by atoms with Crippen molar-refractivity contribution in [3.05, 3.63) is 65.9 Å². The zero-order chi connectivity index (χ0) is 16.5. The van der Waals surface area contributed by atoms with Crippen LogP contribution in [-0.4, -0.2) is 40.7 Å². The fraction of sp³-hybridized carbons (Fsp3) is 0.300. The quantitative estimate of drug-likeness (QED) is 0.725. The first kappa shape index (κ1) is 15.1. The van der Waals surface area contributed by atoms with Gasteiger partial charge in [0.2, 0.25) is 0 Å². The van der Waals surface area contributed by atoms with Gasteiger partial charge in [0.15, 0.2) is 0 Å². The molecule has 0 bridgehead atoms. The predicted octanol–water partition coefficient (Wildman–Crippen LogP) is 3.53. The maximum Gasteiger partial charge on any atom is 0.278 e. The molecule has 2 aromatic carbocycles. The van der Waals surface area contributed by atoms with Gasteiger partial charge in [-0.2, -0.15) is 9.78 Å². The van der Waals surface area contributed by atoms with E-state index in [9.17, 15) is 4.79 Å². The Morgan fingerprint density at radius 2 is 1.67 bits per heavy atom. The zero-order valence-electron chi connectivity index (χ0n) is 13.9. The van der Waals surface area contributed by atoms with Gasteiger partial charge in [0.25, 0.3) is 5.91 Å². The lowest BCUT2D eigenvalue weighted by molar-refractivity contribution is 0.0949. The average molecular weight is 319 g/mol. The van der Waals surface area contributed by atoms with Crippen LogP contribution in [-0.2, 0) is 0 Å². The summed E-state index contributed by atoms with van der Waals surface area (Å²) >= 11 is 0. The van der Waals surface area contributed by atoms with Gasteiger partial charge in [-0.25, -0.2) is 0 Å². The fourth-order valence-electron chi connectivity index (χ4n) is 3.53. The molecular formula is C20H21N3O. The first-order chi connectivity index (χ1) is 11.7. The van der Waals surface area contributed by atoms with E-state index in [1.807, 2.05) is 48.5 Å². The van der Waals surface area contributed by atoms with Gasteiger partial charge in [0, 0.05) is 16.9 Å². The molecule has 4 nitrogen and oxygen atoms in total. The Morgan fingerprint density at radius 3 is 2.42 bits per heavy atom. The number of piperidine rings is 1. The molecule has 0 saturated carbocycles. The average Bonchev–Trinajstić information content (AvgIpc) is 3.02. The summed E-state index contributed by atoms with van der Waals surface area (Å²) in [5.41, 5.74) is 2.64. The first-order valence-corrected chi connectivity index (χ1v) is 8.50. The highest BCUT2D eigenvalue weighted by atomic mass is 16.2. The van der Waals surface area contributed by atoms with E-state index in [-0.39, 0.29) is 5.91 Å². The van der Waals surface area contributed by atoms with Crippen molar-refractivity contribution in [1.82, 2.24) is 14.7 Å². The van der Waals surface area contributed by atoms with Gasteiger partial charge in [-0.05, 0) is 51.2 Å². The largest absolute Gasteiger partial charge is 0.306 e. The van der Waals surface area contributed by atoms with Crippen LogP contribution < -0.4 is 0 Å². The third kappa shape index (κ3) is 2.63. The minimum Gasteiger partial charge on any atom is -0.306 e. The van der Waals surface area contributed by atoms with Crippen LogP contribution in [0.2, 0.25) is 0 Å². The summed E-state index contributed by atoms with van der Waals surface area (Å²) in [6.07, 6.45) is 2.19. The number of carbonyl (C=O) groups is 1. The Hall–Kier alpha value is -2.46. The lowest BCUT2D eigenvalue weighted by Crippen LogP contribution is -2.29. The number of benzene rings is 2. The molecular weight excluding hydrogens is 298 g/mol. The topological polar surface area (TPSA) is 38.1 Å². The molecule has 1 aliphatic heterocycles. The van der Waals surface area contributed by atoms with Crippen LogP contribution >= 0.6 is 0 Å². The van der Waals surface area contributed by atoms with Gasteiger partial charge in [0.1, 0.15) is 0 Å². The molecule has 3 aromatic rings. The SMILES string of the molecule is CN1CCC(c2nn(C(=O)c3ccccc3)c3ccccc23)CC1. The Balaban J connectivity index is 1.78. The van der Waals surface area contributed by atoms with Gasteiger partial charge < -0.3 is 4.90 Å². The highest BCUT2D eigenvalue weighted by Crippen LogP contribution is 2.32. The molecule has 1 aliphatic rings. The van der Waals surface area contributed by atoms with Crippen LogP contribution in [0.4, 0.5) is 0 Å². The number of likely N-dealkylation sites (tertiary alicyclic amines) is 1. The third-order valence-electron chi connectivity index (χ3n) is 4.93. The van der Waals surface area contributed by atoms with Gasteiger partial charge >= 0.3 is 0 Å². The summed E-state index contributed by atoms with van der Waals surface area (Å²) in [4.78, 5) is 15.3. The second-order valence-corrected chi connectivity index (χ2v) is 6.56. The normalized spacial score (nSPS) is 16.5. The standard InChI is InChI=1S/C20H21N3O/c1-22-13-11-15(12-14-22)19-17-9-5-6-10-18(17)23(21-19)20(24)16-7-3-2-4-8-16/h2-10,15H,11-14H2,1H3. The maximum absolute atomic E-state index is 12.9. The molecule has 1 saturated heterocycles. The molecule has 0 N–H and O–H groups in total. The van der Waals surface area contributed by atoms with Gasteiger partial charge in [-0.3, -0.25) is 4.79 Å². The molecule has 122 valence electrons. The molecule has 1 aromatic heterocycles. The highest BCUT2D eigenvalue weighted by molar-refractivity contribution is 6.01. The molecule has 1 fully saturated rings. The monoisotopic (exact) mass is 319 g/mol. The number of carbonyl (C=O) groups excluding carboxylic acids is 1. The molecule has 0 amide bonds. The van der Waals surface area contributed by atoms with Crippen molar-refractivity contribution in [2.45, 2.75) is 18.8 Å². The lowest BCUT2D eigenvalue weighted by Gasteiger charge is -2.28. The molecule has 0 atom stereocenters. The van der Waals surface area contributed by atoms with E-state index >= 15 is 0 Å². The number of aromatic nitrogens is 2. The van der Waals surface area contributed by atoms with Gasteiger partial charge in [-0.1, -0.05) is 36.4 Å². The van der Waals surface area contributed by atoms with E-state index in [0.29, 0.717) is 11.5 Å². The van der Waals surface area contributed by atoms with Crippen molar-refractivity contribution in [3.63, 3.8) is 0 Å². The van der Waals surface area contributed by atoms with E-state index in [2.05, 4.69) is 18.0 Å². The third-order valence-corrected chi connectivity index (χ3v) is 4.93. The Bertz CT molecular complexity index is 861. The number of fused-ring (bicyclic) bond motifs is 1. The van der Waals surface area contributed by atoms with Crippen molar-refractivity contribution in [1.29, 1.82) is 0 Å². The number of hydrogen-bond donors (Lipinski definition) is 0. The number of para-hydroxylation sites is 1. The van der Waals surface area contributed by atoms with Crippen molar-refractivity contribution in [2.24, 2.45) is 0 Å². The van der Waals surface area contributed by atoms with Crippen LogP contribution in [0.3, 0.4) is 0 Å². The number of rotatable bonds is 2. The fourth-order valence-corrected chi connectivity index (χ4v) is 3.53. The van der Waals surface area contributed by atoms with E-state index in [1.54, 1.807) is 4.68 Å². The molecule has 24 heavy (non-hydrogen) atoms. The van der Waals surface area contributed by atoms with Crippen molar-refractivity contribution in [3.8, 4) is 0 Å². The highest BCUT2D eigenvalue weighted by Gasteiger charge is 2.25. The summed E-state index contributed by atoms with van der Waals surface area (Å²) in [5, 5.41) is 5.87. The smallest absolute Gasteiger partial charge is 0.278 e. The molecule has 2 heterocycles. The van der Waals surface area contributed by atoms with E-state index in [0.717, 1.165) is 42.5 Å². The van der Waals surface area contributed by atoms with E-state index < -0.39 is 0 Å². The van der Waals surface area contributed by atoms with Crippen molar-refractivity contribution >= 4 is 16.8 Å². The number of nitrogens with zero attached hydrogens (tertiary/aromatic N) is 3. The second kappa shape index (κ2) is 6.21. The van der Waals surface area contributed by atoms with Crippen LogP contribution in [0.5, 0.6) is 0 Å². The Kier molecular flexibility index (Phi) is 3.90. The summed E-state index contributed by atoms with van der Waals surface area (Å²) in [6, 6.07) is 17.4. The molecule has 0 radical (unpaired) electrons. The molecule has 0 spiro atoms. The second-order valence-electron chi connectivity index (χ2n) is 6.56. The minimum atomic E-state index is -0.0639. The van der Waals surface area contributed by atoms with Crippen molar-refractivity contribution in [2.75, 3.05) is 20.1 Å². The molecule has 4 heteroatoms. The van der Waals surface area contributed by atoms with Crippen molar-refractivity contribution < 1.29 is 4.79 Å². The van der Waals surface area contributed by atoms with E-state index in [4.69, 9.17) is 5.10 Å². The predicted molar refractivity (Wildman–Crippen MR) is 95.4 cm³/mol. The van der Waals surface area contributed by atoms with Crippen LogP contribution in [0.25, 0.3) is 10.9 Å². The lowest BCUT2D eigenvalue weighted by atomic mass is 9.92. The minimum absolute atomic E-state index is 0.0639. The van der Waals surface area contributed by atoms with Crippen LogP contribution in [0.15, 0.2) is 54.6 Å². The Labute approximate surface area is 141 Å². The zero-order valence-corrected chi connectivity index (χ0v) is 13.9.